The number of benzene rings is 3. The summed E-state index contributed by atoms with van der Waals surface area (Å²) in [6.07, 6.45) is 1.78. The van der Waals surface area contributed by atoms with Gasteiger partial charge in [0.15, 0.2) is 0 Å². The molecule has 30 heavy (non-hydrogen) atoms. The summed E-state index contributed by atoms with van der Waals surface area (Å²) >= 11 is 0. The lowest BCUT2D eigenvalue weighted by atomic mass is 9.75. The predicted molar refractivity (Wildman–Crippen MR) is 118 cm³/mol. The van der Waals surface area contributed by atoms with Gasteiger partial charge in [-0.1, -0.05) is 48.0 Å². The van der Waals surface area contributed by atoms with Crippen LogP contribution in [0.5, 0.6) is 5.75 Å². The van der Waals surface area contributed by atoms with Gasteiger partial charge in [-0.05, 0) is 60.7 Å². The van der Waals surface area contributed by atoms with Gasteiger partial charge in [-0.3, -0.25) is 4.79 Å². The van der Waals surface area contributed by atoms with E-state index in [1.807, 2.05) is 4.90 Å². The third-order valence-corrected chi connectivity index (χ3v) is 6.53. The zero-order valence-corrected chi connectivity index (χ0v) is 17.1. The van der Waals surface area contributed by atoms with E-state index in [2.05, 4.69) is 49.4 Å². The second-order valence-corrected chi connectivity index (χ2v) is 8.40. The number of fused-ring (bicyclic) bond motifs is 2. The molecule has 4 nitrogen and oxygen atoms in total. The molecule has 3 aromatic carbocycles. The van der Waals surface area contributed by atoms with Crippen molar-refractivity contribution in [2.75, 3.05) is 24.7 Å². The summed E-state index contributed by atoms with van der Waals surface area (Å²) in [5.41, 5.74) is 5.98. The number of para-hydroxylation sites is 1. The van der Waals surface area contributed by atoms with E-state index in [0.717, 1.165) is 24.1 Å². The molecule has 2 aliphatic rings. The molecule has 1 spiro atoms. The fraction of sp³-hybridized carbons (Fsp3) is 0.269. The summed E-state index contributed by atoms with van der Waals surface area (Å²) in [4.78, 5) is 15.2. The van der Waals surface area contributed by atoms with Crippen LogP contribution in [0.3, 0.4) is 0 Å². The summed E-state index contributed by atoms with van der Waals surface area (Å²) in [5, 5.41) is 10.2. The number of hydrogen-bond acceptors (Lipinski definition) is 3. The van der Waals surface area contributed by atoms with E-state index in [4.69, 9.17) is 4.74 Å². The zero-order valence-electron chi connectivity index (χ0n) is 17.1. The second-order valence-electron chi connectivity index (χ2n) is 8.40. The third-order valence-electron chi connectivity index (χ3n) is 6.53. The molecule has 3 aromatic rings. The average Bonchev–Trinajstić information content (AvgIpc) is 3.08. The van der Waals surface area contributed by atoms with E-state index in [1.165, 1.54) is 16.7 Å². The maximum Gasteiger partial charge on any atom is 0.262 e. The molecule has 0 unspecified atom stereocenters. The maximum absolute atomic E-state index is 13.4. The molecule has 5 rings (SSSR count). The van der Waals surface area contributed by atoms with E-state index >= 15 is 0 Å². The van der Waals surface area contributed by atoms with Crippen molar-refractivity contribution in [3.63, 3.8) is 0 Å². The molecular weight excluding hydrogens is 374 g/mol. The van der Waals surface area contributed by atoms with E-state index < -0.39 is 0 Å². The van der Waals surface area contributed by atoms with Gasteiger partial charge >= 0.3 is 0 Å². The standard InChI is InChI=1S/C26H25NO3/c1-18-6-8-19(9-7-18)20-10-11-23-22(16-20)26(12-14-30-15-13-26)17-27(23)25(29)21-4-2-3-5-24(21)28/h2-11,16,28H,12-15,17H2,1H3. The summed E-state index contributed by atoms with van der Waals surface area (Å²) in [7, 11) is 0. The number of phenols is 1. The lowest BCUT2D eigenvalue weighted by Crippen LogP contribution is -2.40. The first-order valence-electron chi connectivity index (χ1n) is 10.5. The molecule has 1 amide bonds. The van der Waals surface area contributed by atoms with Crippen molar-refractivity contribution >= 4 is 11.6 Å². The number of anilines is 1. The maximum atomic E-state index is 13.4. The molecule has 4 heteroatoms. The predicted octanol–water partition coefficient (Wildman–Crippen LogP) is 5.08. The Morgan fingerprint density at radius 1 is 0.967 bits per heavy atom. The monoisotopic (exact) mass is 399 g/mol. The van der Waals surface area contributed by atoms with Crippen LogP contribution in [0.25, 0.3) is 11.1 Å². The van der Waals surface area contributed by atoms with Gasteiger partial charge in [0.1, 0.15) is 5.75 Å². The number of carbonyl (C=O) groups excluding carboxylic acids is 1. The van der Waals surface area contributed by atoms with Crippen LogP contribution in [-0.2, 0) is 10.2 Å². The number of amides is 1. The highest BCUT2D eigenvalue weighted by Crippen LogP contribution is 2.48. The van der Waals surface area contributed by atoms with Crippen LogP contribution in [0.15, 0.2) is 66.7 Å². The molecule has 0 aromatic heterocycles. The smallest absolute Gasteiger partial charge is 0.262 e. The summed E-state index contributed by atoms with van der Waals surface area (Å²) < 4.78 is 5.66. The summed E-state index contributed by atoms with van der Waals surface area (Å²) in [5.74, 6) is -0.131. The molecule has 152 valence electrons. The molecule has 0 aliphatic carbocycles. The number of nitrogens with zero attached hydrogens (tertiary/aromatic N) is 1. The lowest BCUT2D eigenvalue weighted by Gasteiger charge is -2.34. The van der Waals surface area contributed by atoms with Gasteiger partial charge in [0.25, 0.3) is 5.91 Å². The SMILES string of the molecule is Cc1ccc(-c2ccc3c(c2)C2(CCOCC2)CN3C(=O)c2ccccc2O)cc1. The first kappa shape index (κ1) is 18.9. The first-order valence-corrected chi connectivity index (χ1v) is 10.5. The van der Waals surface area contributed by atoms with Crippen LogP contribution in [0.2, 0.25) is 0 Å². The average molecular weight is 399 g/mol. The van der Waals surface area contributed by atoms with Crippen LogP contribution in [0, 0.1) is 6.92 Å². The number of phenolic OH excluding ortho intramolecular Hbond substituents is 1. The van der Waals surface area contributed by atoms with Crippen molar-refractivity contribution in [2.24, 2.45) is 0 Å². The van der Waals surface area contributed by atoms with Crippen LogP contribution >= 0.6 is 0 Å². The number of carbonyl (C=O) groups is 1. The van der Waals surface area contributed by atoms with Crippen molar-refractivity contribution in [1.82, 2.24) is 0 Å². The van der Waals surface area contributed by atoms with Crippen molar-refractivity contribution < 1.29 is 14.6 Å². The quantitative estimate of drug-likeness (QED) is 0.654. The normalized spacial score (nSPS) is 17.2. The zero-order chi connectivity index (χ0) is 20.7. The minimum absolute atomic E-state index is 0.0215. The van der Waals surface area contributed by atoms with E-state index in [9.17, 15) is 9.90 Å². The van der Waals surface area contributed by atoms with E-state index in [1.54, 1.807) is 24.3 Å². The summed E-state index contributed by atoms with van der Waals surface area (Å²) in [6, 6.07) is 21.7. The number of ether oxygens (including phenoxy) is 1. The Balaban J connectivity index is 1.60. The fourth-order valence-corrected chi connectivity index (χ4v) is 4.77. The van der Waals surface area contributed by atoms with Gasteiger partial charge in [0.2, 0.25) is 0 Å². The number of aromatic hydroxyl groups is 1. The van der Waals surface area contributed by atoms with Gasteiger partial charge < -0.3 is 14.7 Å². The molecule has 1 N–H and O–H groups in total. The molecule has 2 heterocycles. The Kier molecular flexibility index (Phi) is 4.59. The van der Waals surface area contributed by atoms with Crippen LogP contribution in [0.1, 0.15) is 34.3 Å². The molecular formula is C26H25NO3. The highest BCUT2D eigenvalue weighted by Gasteiger charge is 2.46. The van der Waals surface area contributed by atoms with Crippen molar-refractivity contribution in [3.05, 3.63) is 83.4 Å². The molecule has 0 bridgehead atoms. The Bertz CT molecular complexity index is 1100. The van der Waals surface area contributed by atoms with E-state index in [-0.39, 0.29) is 17.1 Å². The Labute approximate surface area is 176 Å². The summed E-state index contributed by atoms with van der Waals surface area (Å²) in [6.45, 7) is 4.11. The molecule has 0 radical (unpaired) electrons. The minimum atomic E-state index is -0.152. The van der Waals surface area contributed by atoms with Crippen LogP contribution in [0.4, 0.5) is 5.69 Å². The number of rotatable bonds is 2. The van der Waals surface area contributed by atoms with Crippen molar-refractivity contribution in [1.29, 1.82) is 0 Å². The molecule has 1 fully saturated rings. The molecule has 0 saturated carbocycles. The van der Waals surface area contributed by atoms with Gasteiger partial charge in [-0.25, -0.2) is 0 Å². The van der Waals surface area contributed by atoms with Crippen LogP contribution < -0.4 is 4.90 Å². The first-order chi connectivity index (χ1) is 14.6. The highest BCUT2D eigenvalue weighted by atomic mass is 16.5. The van der Waals surface area contributed by atoms with E-state index in [0.29, 0.717) is 25.3 Å². The Hall–Kier alpha value is -3.11. The lowest BCUT2D eigenvalue weighted by molar-refractivity contribution is 0.0547. The molecule has 0 atom stereocenters. The second kappa shape index (κ2) is 7.29. The molecule has 1 saturated heterocycles. The highest BCUT2D eigenvalue weighted by molar-refractivity contribution is 6.09. The Morgan fingerprint density at radius 3 is 2.40 bits per heavy atom. The number of hydrogen-bond donors (Lipinski definition) is 1. The van der Waals surface area contributed by atoms with Gasteiger partial charge in [0.05, 0.1) is 5.56 Å². The van der Waals surface area contributed by atoms with Gasteiger partial charge in [0, 0.05) is 30.9 Å². The molecule has 2 aliphatic heterocycles. The van der Waals surface area contributed by atoms with Gasteiger partial charge in [-0.2, -0.15) is 0 Å². The van der Waals surface area contributed by atoms with Crippen LogP contribution in [-0.4, -0.2) is 30.8 Å². The van der Waals surface area contributed by atoms with Gasteiger partial charge in [-0.15, -0.1) is 0 Å². The Morgan fingerprint density at radius 2 is 1.67 bits per heavy atom. The largest absolute Gasteiger partial charge is 0.507 e. The fourth-order valence-electron chi connectivity index (χ4n) is 4.77. The third kappa shape index (κ3) is 3.08. The topological polar surface area (TPSA) is 49.8 Å². The minimum Gasteiger partial charge on any atom is -0.507 e. The number of aryl methyl sites for hydroxylation is 1. The van der Waals surface area contributed by atoms with Crippen molar-refractivity contribution in [2.45, 2.75) is 25.2 Å². The van der Waals surface area contributed by atoms with Crippen molar-refractivity contribution in [3.8, 4) is 16.9 Å².